The van der Waals surface area contributed by atoms with Crippen molar-refractivity contribution in [3.05, 3.63) is 64.1 Å². The van der Waals surface area contributed by atoms with Crippen molar-refractivity contribution in [3.63, 3.8) is 0 Å². The molecule has 2 heterocycles. The fourth-order valence-corrected chi connectivity index (χ4v) is 2.55. The largest absolute Gasteiger partial charge is 0.480 e. The molecule has 2 N–H and O–H groups in total. The summed E-state index contributed by atoms with van der Waals surface area (Å²) in [6, 6.07) is 7.25. The molecule has 6 nitrogen and oxygen atoms in total. The molecule has 0 aliphatic carbocycles. The van der Waals surface area contributed by atoms with Gasteiger partial charge in [-0.15, -0.1) is 0 Å². The SMILES string of the molecule is O=C(O)C1Cc2ccccc2N1C(=O)c1c[nH]ccc1=O. The van der Waals surface area contributed by atoms with E-state index in [2.05, 4.69) is 4.98 Å². The molecule has 1 unspecified atom stereocenters. The van der Waals surface area contributed by atoms with Crippen LogP contribution in [0.15, 0.2) is 47.5 Å². The van der Waals surface area contributed by atoms with Gasteiger partial charge >= 0.3 is 5.97 Å². The van der Waals surface area contributed by atoms with Crippen molar-refractivity contribution in [1.29, 1.82) is 0 Å². The number of aliphatic carboxylic acids is 1. The minimum Gasteiger partial charge on any atom is -0.480 e. The van der Waals surface area contributed by atoms with Gasteiger partial charge in [0.2, 0.25) is 0 Å². The van der Waals surface area contributed by atoms with Crippen LogP contribution in [0.25, 0.3) is 0 Å². The molecule has 1 aliphatic heterocycles. The third-order valence-electron chi connectivity index (χ3n) is 3.53. The summed E-state index contributed by atoms with van der Waals surface area (Å²) in [6.45, 7) is 0. The summed E-state index contributed by atoms with van der Waals surface area (Å²) < 4.78 is 0. The maximum absolute atomic E-state index is 12.6. The zero-order valence-electron chi connectivity index (χ0n) is 10.9. The Morgan fingerprint density at radius 1 is 1.24 bits per heavy atom. The molecule has 0 saturated carbocycles. The normalized spacial score (nSPS) is 16.6. The molecule has 2 aromatic rings. The second-order valence-corrected chi connectivity index (χ2v) is 4.78. The van der Waals surface area contributed by atoms with Crippen molar-refractivity contribution < 1.29 is 14.7 Å². The maximum Gasteiger partial charge on any atom is 0.327 e. The number of fused-ring (bicyclic) bond motifs is 1. The first-order valence-electron chi connectivity index (χ1n) is 6.41. The lowest BCUT2D eigenvalue weighted by Crippen LogP contribution is -2.44. The predicted molar refractivity (Wildman–Crippen MR) is 75.4 cm³/mol. The Morgan fingerprint density at radius 3 is 2.71 bits per heavy atom. The number of anilines is 1. The third-order valence-corrected chi connectivity index (χ3v) is 3.53. The zero-order chi connectivity index (χ0) is 15.0. The van der Waals surface area contributed by atoms with Crippen LogP contribution in [0, 0.1) is 0 Å². The van der Waals surface area contributed by atoms with Crippen molar-refractivity contribution in [2.45, 2.75) is 12.5 Å². The number of para-hydroxylation sites is 1. The van der Waals surface area contributed by atoms with Gasteiger partial charge in [-0.1, -0.05) is 18.2 Å². The molecular formula is C15H12N2O4. The summed E-state index contributed by atoms with van der Waals surface area (Å²) in [6.07, 6.45) is 2.96. The number of aromatic nitrogens is 1. The number of carbonyl (C=O) groups is 2. The highest BCUT2D eigenvalue weighted by Gasteiger charge is 2.39. The van der Waals surface area contributed by atoms with E-state index >= 15 is 0 Å². The number of nitrogens with one attached hydrogen (secondary N) is 1. The molecule has 0 radical (unpaired) electrons. The summed E-state index contributed by atoms with van der Waals surface area (Å²) in [7, 11) is 0. The quantitative estimate of drug-likeness (QED) is 0.861. The second-order valence-electron chi connectivity index (χ2n) is 4.78. The molecule has 6 heteroatoms. The number of hydrogen-bond acceptors (Lipinski definition) is 3. The van der Waals surface area contributed by atoms with E-state index in [1.807, 2.05) is 0 Å². The number of nitrogens with zero attached hydrogens (tertiary/aromatic N) is 1. The first-order valence-corrected chi connectivity index (χ1v) is 6.41. The minimum absolute atomic E-state index is 0.0690. The number of benzene rings is 1. The van der Waals surface area contributed by atoms with E-state index in [1.54, 1.807) is 24.3 Å². The van der Waals surface area contributed by atoms with Crippen LogP contribution in [0.5, 0.6) is 0 Å². The number of amides is 1. The van der Waals surface area contributed by atoms with Crippen LogP contribution in [0.2, 0.25) is 0 Å². The number of pyridine rings is 1. The summed E-state index contributed by atoms with van der Waals surface area (Å²) in [5, 5.41) is 9.34. The highest BCUT2D eigenvalue weighted by atomic mass is 16.4. The number of aromatic amines is 1. The van der Waals surface area contributed by atoms with Crippen LogP contribution in [-0.2, 0) is 11.2 Å². The summed E-state index contributed by atoms with van der Waals surface area (Å²) >= 11 is 0. The van der Waals surface area contributed by atoms with E-state index in [0.29, 0.717) is 5.69 Å². The van der Waals surface area contributed by atoms with Crippen molar-refractivity contribution in [2.75, 3.05) is 4.90 Å². The zero-order valence-corrected chi connectivity index (χ0v) is 10.9. The van der Waals surface area contributed by atoms with Crippen LogP contribution in [0.1, 0.15) is 15.9 Å². The van der Waals surface area contributed by atoms with Gasteiger partial charge in [0, 0.05) is 30.6 Å². The Hall–Kier alpha value is -2.89. The number of carboxylic acids is 1. The van der Waals surface area contributed by atoms with Crippen LogP contribution < -0.4 is 10.3 Å². The molecule has 106 valence electrons. The molecule has 21 heavy (non-hydrogen) atoms. The van der Waals surface area contributed by atoms with Gasteiger partial charge in [-0.05, 0) is 11.6 Å². The number of rotatable bonds is 2. The van der Waals surface area contributed by atoms with E-state index in [9.17, 15) is 19.5 Å². The monoisotopic (exact) mass is 284 g/mol. The van der Waals surface area contributed by atoms with Crippen LogP contribution in [0.3, 0.4) is 0 Å². The number of carbonyl (C=O) groups excluding carboxylic acids is 1. The molecule has 1 aromatic heterocycles. The van der Waals surface area contributed by atoms with Gasteiger partial charge in [0.05, 0.1) is 0 Å². The topological polar surface area (TPSA) is 90.5 Å². The Bertz CT molecular complexity index is 781. The third kappa shape index (κ3) is 2.10. The van der Waals surface area contributed by atoms with E-state index < -0.39 is 23.3 Å². The molecule has 0 spiro atoms. The summed E-state index contributed by atoms with van der Waals surface area (Å²) in [5.74, 6) is -1.69. The smallest absolute Gasteiger partial charge is 0.327 e. The van der Waals surface area contributed by atoms with E-state index in [1.165, 1.54) is 23.4 Å². The van der Waals surface area contributed by atoms with Crippen molar-refractivity contribution in [1.82, 2.24) is 4.98 Å². The maximum atomic E-state index is 12.6. The first-order chi connectivity index (χ1) is 10.1. The van der Waals surface area contributed by atoms with E-state index in [-0.39, 0.29) is 12.0 Å². The van der Waals surface area contributed by atoms with Crippen molar-refractivity contribution >= 4 is 17.6 Å². The minimum atomic E-state index is -1.09. The summed E-state index contributed by atoms with van der Waals surface area (Å²) in [4.78, 5) is 39.7. The van der Waals surface area contributed by atoms with Gasteiger partial charge in [-0.25, -0.2) is 4.79 Å². The first kappa shape index (κ1) is 13.1. The van der Waals surface area contributed by atoms with Gasteiger partial charge in [0.1, 0.15) is 11.6 Å². The Balaban J connectivity index is 2.10. The molecule has 0 saturated heterocycles. The number of hydrogen-bond donors (Lipinski definition) is 2. The fraction of sp³-hybridized carbons (Fsp3) is 0.133. The Morgan fingerprint density at radius 2 is 2.00 bits per heavy atom. The van der Waals surface area contributed by atoms with Gasteiger partial charge in [-0.3, -0.25) is 14.5 Å². The van der Waals surface area contributed by atoms with Crippen molar-refractivity contribution in [2.24, 2.45) is 0 Å². The molecule has 3 rings (SSSR count). The lowest BCUT2D eigenvalue weighted by atomic mass is 10.1. The molecule has 0 fully saturated rings. The Labute approximate surface area is 119 Å². The fourth-order valence-electron chi connectivity index (χ4n) is 2.55. The van der Waals surface area contributed by atoms with Crippen molar-refractivity contribution in [3.8, 4) is 0 Å². The molecule has 1 atom stereocenters. The van der Waals surface area contributed by atoms with Gasteiger partial charge < -0.3 is 10.1 Å². The average molecular weight is 284 g/mol. The predicted octanol–water partition coefficient (Wildman–Crippen LogP) is 1.03. The molecular weight excluding hydrogens is 272 g/mol. The average Bonchev–Trinajstić information content (AvgIpc) is 2.86. The van der Waals surface area contributed by atoms with Crippen LogP contribution in [0.4, 0.5) is 5.69 Å². The number of H-pyrrole nitrogens is 1. The molecule has 0 bridgehead atoms. The molecule has 1 amide bonds. The standard InChI is InChI=1S/C15H12N2O4/c18-13-5-6-16-8-10(13)14(19)17-11-4-2-1-3-9(11)7-12(17)15(20)21/h1-6,8,12H,7H2,(H,16,18)(H,20,21). The number of carboxylic acid groups (broad SMARTS) is 1. The highest BCUT2D eigenvalue weighted by Crippen LogP contribution is 2.33. The lowest BCUT2D eigenvalue weighted by molar-refractivity contribution is -0.138. The van der Waals surface area contributed by atoms with Crippen LogP contribution in [-0.4, -0.2) is 28.0 Å². The molecule has 1 aromatic carbocycles. The lowest BCUT2D eigenvalue weighted by Gasteiger charge is -2.22. The van der Waals surface area contributed by atoms with Gasteiger partial charge in [-0.2, -0.15) is 0 Å². The highest BCUT2D eigenvalue weighted by molar-refractivity contribution is 6.10. The summed E-state index contributed by atoms with van der Waals surface area (Å²) in [5.41, 5.74) is 0.816. The second kappa shape index (κ2) is 4.90. The van der Waals surface area contributed by atoms with Crippen LogP contribution >= 0.6 is 0 Å². The van der Waals surface area contributed by atoms with E-state index in [4.69, 9.17) is 0 Å². The van der Waals surface area contributed by atoms with Gasteiger partial charge in [0.25, 0.3) is 5.91 Å². The van der Waals surface area contributed by atoms with E-state index in [0.717, 1.165) is 5.56 Å². The van der Waals surface area contributed by atoms with Gasteiger partial charge in [0.15, 0.2) is 5.43 Å². The Kier molecular flexibility index (Phi) is 3.06. The molecule has 1 aliphatic rings.